The summed E-state index contributed by atoms with van der Waals surface area (Å²) in [6, 6.07) is 0. The molecule has 3 saturated heterocycles. The van der Waals surface area contributed by atoms with E-state index in [1.807, 2.05) is 13.8 Å². The van der Waals surface area contributed by atoms with E-state index in [0.29, 0.717) is 38.5 Å². The minimum atomic E-state index is -1.77. The largest absolute Gasteiger partial charge is 0.396 e. The number of ether oxygens (including phenoxy) is 7. The molecule has 0 aromatic rings. The van der Waals surface area contributed by atoms with Crippen molar-refractivity contribution in [2.24, 2.45) is 51.2 Å². The van der Waals surface area contributed by atoms with E-state index in [9.17, 15) is 71.2 Å². The Bertz CT molecular complexity index is 1950. The van der Waals surface area contributed by atoms with E-state index in [1.165, 1.54) is 13.2 Å². The molecular formula is C54H90O21. The van der Waals surface area contributed by atoms with Gasteiger partial charge in [-0.2, -0.15) is 0 Å². The number of rotatable bonds is 16. The molecule has 0 aromatic carbocycles. The minimum absolute atomic E-state index is 0.0318. The van der Waals surface area contributed by atoms with Gasteiger partial charge >= 0.3 is 0 Å². The first-order valence-electron chi connectivity index (χ1n) is 27.6. The van der Waals surface area contributed by atoms with Crippen LogP contribution in [0.3, 0.4) is 0 Å². The second-order valence-electron chi connectivity index (χ2n) is 25.3. The topological polar surface area (TPSA) is 345 Å². The van der Waals surface area contributed by atoms with Crippen molar-refractivity contribution in [1.82, 2.24) is 0 Å². The monoisotopic (exact) mass is 1070 g/mol. The normalized spacial score (nSPS) is 51.7. The predicted octanol–water partition coefficient (Wildman–Crippen LogP) is -0.692. The zero-order chi connectivity index (χ0) is 54.9. The highest BCUT2D eigenvalue weighted by Crippen LogP contribution is 2.76. The van der Waals surface area contributed by atoms with Crippen LogP contribution in [0, 0.1) is 51.2 Å². The minimum Gasteiger partial charge on any atom is -0.396 e. The molecular weight excluding hydrogens is 985 g/mol. The van der Waals surface area contributed by atoms with Crippen molar-refractivity contribution in [2.45, 2.75) is 241 Å². The van der Waals surface area contributed by atoms with E-state index < -0.39 is 152 Å². The van der Waals surface area contributed by atoms with Crippen LogP contribution in [0.1, 0.15) is 119 Å². The second kappa shape index (κ2) is 22.9. The summed E-state index contributed by atoms with van der Waals surface area (Å²) in [5, 5.41) is 141. The fourth-order valence-corrected chi connectivity index (χ4v) is 16.2. The number of hydrogen-bond acceptors (Lipinski definition) is 21. The number of aliphatic hydroxyl groups excluding tert-OH is 12. The van der Waals surface area contributed by atoms with Gasteiger partial charge in [-0.15, -0.1) is 0 Å². The molecule has 0 aromatic heterocycles. The van der Waals surface area contributed by atoms with Crippen molar-refractivity contribution in [3.05, 3.63) is 11.6 Å². The summed E-state index contributed by atoms with van der Waals surface area (Å²) >= 11 is 0. The molecule has 5 aliphatic carbocycles. The zero-order valence-corrected chi connectivity index (χ0v) is 44.7. The first-order valence-corrected chi connectivity index (χ1v) is 27.6. The van der Waals surface area contributed by atoms with E-state index in [4.69, 9.17) is 33.2 Å². The molecule has 8 aliphatic rings. The van der Waals surface area contributed by atoms with Crippen molar-refractivity contribution in [1.29, 1.82) is 0 Å². The maximum Gasteiger partial charge on any atom is 0.187 e. The molecule has 3 heterocycles. The molecule has 0 spiro atoms. The maximum atomic E-state index is 14.2. The molecule has 21 nitrogen and oxygen atoms in total. The average Bonchev–Trinajstić information content (AvgIpc) is 3.75. The fourth-order valence-electron chi connectivity index (χ4n) is 16.2. The van der Waals surface area contributed by atoms with Crippen molar-refractivity contribution in [2.75, 3.05) is 26.4 Å². The van der Waals surface area contributed by atoms with Gasteiger partial charge in [-0.25, -0.2) is 0 Å². The summed E-state index contributed by atoms with van der Waals surface area (Å²) in [5.74, 6) is -1.29. The van der Waals surface area contributed by atoms with Crippen LogP contribution in [0.5, 0.6) is 0 Å². The fraction of sp³-hybridized carbons (Fsp3) is 0.944. The first kappa shape index (κ1) is 59.7. The zero-order valence-electron chi connectivity index (χ0n) is 44.7. The summed E-state index contributed by atoms with van der Waals surface area (Å²) in [6.07, 6.45) is -17.7. The van der Waals surface area contributed by atoms with Crippen molar-refractivity contribution >= 4 is 6.29 Å². The number of carbonyl (C=O) groups excluding carboxylic acids is 1. The number of carbonyl (C=O) groups is 1. The van der Waals surface area contributed by atoms with Crippen molar-refractivity contribution in [3.63, 3.8) is 0 Å². The van der Waals surface area contributed by atoms with Crippen LogP contribution in [0.15, 0.2) is 11.6 Å². The van der Waals surface area contributed by atoms with Crippen molar-refractivity contribution < 1.29 is 104 Å². The van der Waals surface area contributed by atoms with Crippen LogP contribution in [-0.4, -0.2) is 221 Å². The summed E-state index contributed by atoms with van der Waals surface area (Å²) in [7, 11) is 0. The van der Waals surface area contributed by atoms with Gasteiger partial charge in [-0.3, -0.25) is 0 Å². The Balaban J connectivity index is 1.03. The Kier molecular flexibility index (Phi) is 18.2. The predicted molar refractivity (Wildman–Crippen MR) is 262 cm³/mol. The summed E-state index contributed by atoms with van der Waals surface area (Å²) < 4.78 is 43.6. The lowest BCUT2D eigenvalue weighted by Crippen LogP contribution is -2.67. The first-order chi connectivity index (χ1) is 35.2. The van der Waals surface area contributed by atoms with Gasteiger partial charge in [0.2, 0.25) is 0 Å². The highest BCUT2D eigenvalue weighted by atomic mass is 16.8. The highest BCUT2D eigenvalue weighted by Gasteiger charge is 2.71. The van der Waals surface area contributed by atoms with Crippen LogP contribution >= 0.6 is 0 Å². The third-order valence-electron chi connectivity index (χ3n) is 20.8. The van der Waals surface area contributed by atoms with Gasteiger partial charge in [0, 0.05) is 17.9 Å². The third kappa shape index (κ3) is 10.5. The Labute approximate surface area is 440 Å². The van der Waals surface area contributed by atoms with Gasteiger partial charge in [0.25, 0.3) is 0 Å². The molecule has 28 atom stereocenters. The van der Waals surface area contributed by atoms with E-state index in [2.05, 4.69) is 33.8 Å². The number of aliphatic hydroxyl groups is 13. The molecule has 3 aliphatic heterocycles. The van der Waals surface area contributed by atoms with Gasteiger partial charge in [-0.05, 0) is 131 Å². The van der Waals surface area contributed by atoms with E-state index in [0.717, 1.165) is 31.3 Å². The van der Waals surface area contributed by atoms with E-state index >= 15 is 0 Å². The van der Waals surface area contributed by atoms with Gasteiger partial charge in [-0.1, -0.05) is 39.3 Å². The molecule has 5 saturated carbocycles. The van der Waals surface area contributed by atoms with Gasteiger partial charge in [0.05, 0.1) is 49.8 Å². The van der Waals surface area contributed by atoms with Crippen LogP contribution in [0.2, 0.25) is 0 Å². The smallest absolute Gasteiger partial charge is 0.187 e. The highest BCUT2D eigenvalue weighted by molar-refractivity contribution is 5.62. The molecule has 21 heteroatoms. The molecule has 8 fully saturated rings. The lowest BCUT2D eigenvalue weighted by Gasteiger charge is -2.69. The van der Waals surface area contributed by atoms with Crippen LogP contribution in [0.4, 0.5) is 0 Å². The molecule has 0 unspecified atom stereocenters. The second-order valence-corrected chi connectivity index (χ2v) is 25.3. The van der Waals surface area contributed by atoms with Gasteiger partial charge in [0.1, 0.15) is 79.5 Å². The molecule has 432 valence electrons. The molecule has 8 rings (SSSR count). The van der Waals surface area contributed by atoms with Crippen molar-refractivity contribution in [3.8, 4) is 0 Å². The third-order valence-corrected chi connectivity index (χ3v) is 20.8. The standard InChI is InChI=1S/C54H90O21/c1-25(2)9-8-15-54(68,24-70-47-43(66)42(65)39(62)32(21-56)73-47)29-12-16-51(6)28(29)10-11-34-52(51,7)17-13-33-50(4,5)35(14-18-53(33,34)23-57)74-49-46(75-48-44(67)40(63)36(59)26(3)71-48)45(30(58)22-69-49)72-31-19-27(20-55)37(60)41(64)38(31)61/h9,23,26-49,55-56,58-68H,8,10-22,24H2,1-7H3/t26-,27+,28+,29-,30-,31+,32+,33+,34-,35+,36-,37+,38-,39+,40+,41-,42-,43+,44+,45-,46+,47+,48-,49+,51+,52+,53-,54+/m0/s1. The Morgan fingerprint density at radius 3 is 2.00 bits per heavy atom. The van der Waals surface area contributed by atoms with E-state index in [-0.39, 0.29) is 54.1 Å². The van der Waals surface area contributed by atoms with Crippen LogP contribution in [-0.2, 0) is 38.0 Å². The molecule has 0 radical (unpaired) electrons. The Hall–Kier alpha value is -1.39. The number of fused-ring (bicyclic) bond motifs is 5. The molecule has 75 heavy (non-hydrogen) atoms. The lowest BCUT2D eigenvalue weighted by molar-refractivity contribution is -0.372. The van der Waals surface area contributed by atoms with Crippen LogP contribution < -0.4 is 0 Å². The molecule has 13 N–H and O–H groups in total. The summed E-state index contributed by atoms with van der Waals surface area (Å²) in [4.78, 5) is 14.2. The number of hydrogen-bond donors (Lipinski definition) is 13. The quantitative estimate of drug-likeness (QED) is 0.0517. The lowest BCUT2D eigenvalue weighted by atomic mass is 9.35. The van der Waals surface area contributed by atoms with E-state index in [1.54, 1.807) is 0 Å². The molecule has 0 bridgehead atoms. The summed E-state index contributed by atoms with van der Waals surface area (Å²) in [5.41, 5.74) is -2.40. The Morgan fingerprint density at radius 2 is 1.33 bits per heavy atom. The number of aldehydes is 1. The summed E-state index contributed by atoms with van der Waals surface area (Å²) in [6.45, 7) is 12.6. The van der Waals surface area contributed by atoms with Crippen LogP contribution in [0.25, 0.3) is 0 Å². The molecule has 0 amide bonds. The average molecular weight is 1080 g/mol. The van der Waals surface area contributed by atoms with Gasteiger partial charge in [0.15, 0.2) is 18.9 Å². The number of allylic oxidation sites excluding steroid dienone is 2. The van der Waals surface area contributed by atoms with Gasteiger partial charge < -0.3 is 104 Å². The SMILES string of the molecule is CC(C)=CCC[C@@](O)(CO[C@@H]1O[C@H](CO)[C@@H](O)[C@H](O)[C@H]1O)[C@H]1CC[C@]2(C)[C@@H]1CC[C@@H]1[C@]3(C=O)CC[C@@H](O[C@H]4OC[C@H](O)[C@H](O[C@@H]5C[C@H](CO)[C@@H](O)[C@H](O)[C@H]5O)[C@H]4O[C@@H]4O[C@@H](C)[C@H](O)[C@@H](O)[C@H]4O)C(C)(C)[C@H]3CC[C@]12C. The Morgan fingerprint density at radius 1 is 0.667 bits per heavy atom. The maximum absolute atomic E-state index is 14.2.